The number of carbonyl (C=O) groups is 1. The van der Waals surface area contributed by atoms with E-state index < -0.39 is 0 Å². The average molecular weight is 311 g/mol. The summed E-state index contributed by atoms with van der Waals surface area (Å²) in [5.74, 6) is -0.0789. The third-order valence-electron chi connectivity index (χ3n) is 3.62. The number of aryl methyl sites for hydroxylation is 1. The van der Waals surface area contributed by atoms with Gasteiger partial charge in [-0.3, -0.25) is 9.78 Å². The van der Waals surface area contributed by atoms with Crippen molar-refractivity contribution in [3.8, 4) is 0 Å². The molecule has 1 amide bonds. The summed E-state index contributed by atoms with van der Waals surface area (Å²) in [5, 5.41) is 9.02. The predicted molar refractivity (Wildman–Crippen MR) is 91.0 cm³/mol. The molecule has 3 N–H and O–H groups in total. The number of benzene rings is 1. The van der Waals surface area contributed by atoms with Gasteiger partial charge in [0.05, 0.1) is 0 Å². The zero-order valence-electron chi connectivity index (χ0n) is 12.2. The number of pyridine rings is 1. The van der Waals surface area contributed by atoms with Gasteiger partial charge >= 0.3 is 0 Å². The van der Waals surface area contributed by atoms with Crippen molar-refractivity contribution in [1.82, 2.24) is 4.98 Å². The zero-order valence-corrected chi connectivity index (χ0v) is 13.1. The maximum atomic E-state index is 12.1. The molecule has 2 heterocycles. The summed E-state index contributed by atoms with van der Waals surface area (Å²) < 4.78 is 0. The quantitative estimate of drug-likeness (QED) is 0.773. The van der Waals surface area contributed by atoms with Gasteiger partial charge in [-0.25, -0.2) is 0 Å². The number of amides is 1. The molecule has 2 aromatic heterocycles. The maximum absolute atomic E-state index is 12.1. The van der Waals surface area contributed by atoms with Crippen molar-refractivity contribution in [2.24, 2.45) is 5.73 Å². The topological polar surface area (TPSA) is 68.0 Å². The smallest absolute Gasteiger partial charge is 0.226 e. The highest BCUT2D eigenvalue weighted by Crippen LogP contribution is 2.22. The van der Waals surface area contributed by atoms with Crippen molar-refractivity contribution in [3.63, 3.8) is 0 Å². The van der Waals surface area contributed by atoms with Gasteiger partial charge in [-0.15, -0.1) is 0 Å². The van der Waals surface area contributed by atoms with Gasteiger partial charge in [-0.1, -0.05) is 6.07 Å². The number of thiophene rings is 1. The van der Waals surface area contributed by atoms with Gasteiger partial charge in [-0.05, 0) is 52.4 Å². The van der Waals surface area contributed by atoms with Crippen molar-refractivity contribution in [3.05, 3.63) is 58.5 Å². The van der Waals surface area contributed by atoms with Crippen molar-refractivity contribution in [2.75, 3.05) is 5.32 Å². The first kappa shape index (κ1) is 14.7. The molecule has 0 fully saturated rings. The monoisotopic (exact) mass is 311 g/mol. The molecule has 3 aromatic rings. The van der Waals surface area contributed by atoms with Crippen LogP contribution in [0.25, 0.3) is 10.8 Å². The van der Waals surface area contributed by atoms with Crippen LogP contribution in [0.5, 0.6) is 0 Å². The van der Waals surface area contributed by atoms with Crippen LogP contribution in [0.3, 0.4) is 0 Å². The number of hydrogen-bond acceptors (Lipinski definition) is 4. The summed E-state index contributed by atoms with van der Waals surface area (Å²) in [6.07, 6.45) is 3.91. The highest BCUT2D eigenvalue weighted by molar-refractivity contribution is 7.07. The van der Waals surface area contributed by atoms with E-state index in [1.54, 1.807) is 11.3 Å². The zero-order chi connectivity index (χ0) is 15.5. The number of rotatable bonds is 4. The first-order chi connectivity index (χ1) is 10.6. The fourth-order valence-corrected chi connectivity index (χ4v) is 3.13. The lowest BCUT2D eigenvalue weighted by Crippen LogP contribution is -2.20. The highest BCUT2D eigenvalue weighted by atomic mass is 32.1. The van der Waals surface area contributed by atoms with Crippen LogP contribution in [0, 0.1) is 6.92 Å². The van der Waals surface area contributed by atoms with E-state index >= 15 is 0 Å². The first-order valence-electron chi connectivity index (χ1n) is 7.05. The third-order valence-corrected chi connectivity index (χ3v) is 4.32. The Morgan fingerprint density at radius 1 is 1.36 bits per heavy atom. The Morgan fingerprint density at radius 2 is 2.23 bits per heavy atom. The minimum Gasteiger partial charge on any atom is -0.326 e. The average Bonchev–Trinajstić information content (AvgIpc) is 3.02. The van der Waals surface area contributed by atoms with Gasteiger partial charge in [0.2, 0.25) is 5.91 Å². The minimum absolute atomic E-state index is 0.0789. The number of fused-ring (bicyclic) bond motifs is 1. The molecule has 0 saturated heterocycles. The SMILES string of the molecule is Cc1cncc2ccc(NC(=O)CC(N)c3ccsc3)cc12. The van der Waals surface area contributed by atoms with E-state index in [0.29, 0.717) is 0 Å². The number of nitrogens with two attached hydrogens (primary N) is 1. The Morgan fingerprint density at radius 3 is 3.00 bits per heavy atom. The Labute approximate surface area is 133 Å². The summed E-state index contributed by atoms with van der Waals surface area (Å²) >= 11 is 1.58. The molecule has 0 bridgehead atoms. The molecule has 1 aromatic carbocycles. The van der Waals surface area contributed by atoms with Gasteiger partial charge in [0, 0.05) is 35.9 Å². The normalized spacial score (nSPS) is 12.3. The molecule has 0 aliphatic rings. The van der Waals surface area contributed by atoms with E-state index in [1.165, 1.54) is 0 Å². The summed E-state index contributed by atoms with van der Waals surface area (Å²) in [5.41, 5.74) is 8.92. The number of aromatic nitrogens is 1. The highest BCUT2D eigenvalue weighted by Gasteiger charge is 2.12. The molecular formula is C17H17N3OS. The van der Waals surface area contributed by atoms with E-state index in [1.807, 2.05) is 54.3 Å². The molecular weight excluding hydrogens is 294 g/mol. The second-order valence-corrected chi connectivity index (χ2v) is 6.09. The molecule has 0 saturated carbocycles. The molecule has 112 valence electrons. The van der Waals surface area contributed by atoms with Gasteiger partial charge in [0.1, 0.15) is 0 Å². The fourth-order valence-electron chi connectivity index (χ4n) is 2.40. The van der Waals surface area contributed by atoms with E-state index in [-0.39, 0.29) is 18.4 Å². The number of hydrogen-bond donors (Lipinski definition) is 2. The van der Waals surface area contributed by atoms with E-state index in [9.17, 15) is 4.79 Å². The summed E-state index contributed by atoms with van der Waals surface area (Å²) in [6.45, 7) is 2.01. The molecule has 22 heavy (non-hydrogen) atoms. The maximum Gasteiger partial charge on any atom is 0.226 e. The second-order valence-electron chi connectivity index (χ2n) is 5.31. The summed E-state index contributed by atoms with van der Waals surface area (Å²) in [7, 11) is 0. The van der Waals surface area contributed by atoms with E-state index in [2.05, 4.69) is 10.3 Å². The van der Waals surface area contributed by atoms with Crippen LogP contribution < -0.4 is 11.1 Å². The van der Waals surface area contributed by atoms with E-state index in [0.717, 1.165) is 27.6 Å². The molecule has 0 aliphatic carbocycles. The largest absolute Gasteiger partial charge is 0.326 e. The minimum atomic E-state index is -0.266. The number of anilines is 1. The Kier molecular flexibility index (Phi) is 4.18. The Balaban J connectivity index is 1.72. The number of nitrogens with zero attached hydrogens (tertiary/aromatic N) is 1. The van der Waals surface area contributed by atoms with Gasteiger partial charge in [-0.2, -0.15) is 11.3 Å². The van der Waals surface area contributed by atoms with Crippen molar-refractivity contribution in [1.29, 1.82) is 0 Å². The Hall–Kier alpha value is -2.24. The number of carbonyl (C=O) groups excluding carboxylic acids is 1. The fraction of sp³-hybridized carbons (Fsp3) is 0.176. The van der Waals surface area contributed by atoms with Crippen LogP contribution in [0.15, 0.2) is 47.4 Å². The van der Waals surface area contributed by atoms with E-state index in [4.69, 9.17) is 5.73 Å². The van der Waals surface area contributed by atoms with Crippen molar-refractivity contribution in [2.45, 2.75) is 19.4 Å². The summed E-state index contributed by atoms with van der Waals surface area (Å²) in [4.78, 5) is 16.3. The molecule has 0 spiro atoms. The van der Waals surface area contributed by atoms with Crippen LogP contribution in [-0.4, -0.2) is 10.9 Å². The Bertz CT molecular complexity index is 799. The molecule has 1 unspecified atom stereocenters. The van der Waals surface area contributed by atoms with Crippen LogP contribution in [0.1, 0.15) is 23.6 Å². The number of nitrogens with one attached hydrogen (secondary N) is 1. The predicted octanol–water partition coefficient (Wildman–Crippen LogP) is 3.63. The van der Waals surface area contributed by atoms with Gasteiger partial charge in [0.15, 0.2) is 0 Å². The standard InChI is InChI=1S/C17H17N3OS/c1-11-8-19-9-12-2-3-14(6-15(11)12)20-17(21)7-16(18)13-4-5-22-10-13/h2-6,8-10,16H,7,18H2,1H3,(H,20,21). The van der Waals surface area contributed by atoms with Crippen LogP contribution in [-0.2, 0) is 4.79 Å². The van der Waals surface area contributed by atoms with Crippen LogP contribution in [0.4, 0.5) is 5.69 Å². The molecule has 0 aliphatic heterocycles. The molecule has 4 nitrogen and oxygen atoms in total. The lowest BCUT2D eigenvalue weighted by molar-refractivity contribution is -0.116. The first-order valence-corrected chi connectivity index (χ1v) is 7.99. The molecule has 0 radical (unpaired) electrons. The van der Waals surface area contributed by atoms with Crippen LogP contribution >= 0.6 is 11.3 Å². The van der Waals surface area contributed by atoms with Crippen molar-refractivity contribution < 1.29 is 4.79 Å². The lowest BCUT2D eigenvalue weighted by Gasteiger charge is -2.11. The van der Waals surface area contributed by atoms with Crippen molar-refractivity contribution >= 4 is 33.7 Å². The molecule has 1 atom stereocenters. The van der Waals surface area contributed by atoms with Crippen LogP contribution in [0.2, 0.25) is 0 Å². The molecule has 5 heteroatoms. The molecule has 3 rings (SSSR count). The van der Waals surface area contributed by atoms with Gasteiger partial charge < -0.3 is 11.1 Å². The summed E-state index contributed by atoms with van der Waals surface area (Å²) in [6, 6.07) is 7.51. The van der Waals surface area contributed by atoms with Gasteiger partial charge in [0.25, 0.3) is 0 Å². The lowest BCUT2D eigenvalue weighted by atomic mass is 10.1. The third kappa shape index (κ3) is 3.16. The second kappa shape index (κ2) is 6.25.